The minimum Gasteiger partial charge on any atom is -0.494 e. The molecule has 94 valence electrons. The molecule has 19 heavy (non-hydrogen) atoms. The van der Waals surface area contributed by atoms with Gasteiger partial charge in [-0.25, -0.2) is 0 Å². The number of benzene rings is 3. The first-order valence-corrected chi connectivity index (χ1v) is 6.59. The van der Waals surface area contributed by atoms with E-state index >= 15 is 0 Å². The molecule has 0 fully saturated rings. The molecule has 1 heteroatoms. The summed E-state index contributed by atoms with van der Waals surface area (Å²) in [5, 5.41) is 2.55. The van der Waals surface area contributed by atoms with Crippen molar-refractivity contribution in [1.82, 2.24) is 0 Å². The molecule has 0 aromatic heterocycles. The first kappa shape index (κ1) is 11.8. The lowest BCUT2D eigenvalue weighted by Crippen LogP contribution is -1.90. The number of hydrogen-bond donors (Lipinski definition) is 0. The van der Waals surface area contributed by atoms with Crippen LogP contribution in [-0.2, 0) is 0 Å². The Balaban J connectivity index is 1.99. The lowest BCUT2D eigenvalue weighted by Gasteiger charge is -2.06. The van der Waals surface area contributed by atoms with Crippen molar-refractivity contribution in [1.29, 1.82) is 0 Å². The highest BCUT2D eigenvalue weighted by molar-refractivity contribution is 5.87. The number of ether oxygens (including phenoxy) is 1. The molecule has 0 heterocycles. The molecule has 0 aliphatic rings. The quantitative estimate of drug-likeness (QED) is 0.640. The monoisotopic (exact) mass is 248 g/mol. The second-order valence-electron chi connectivity index (χ2n) is 4.52. The van der Waals surface area contributed by atoms with E-state index in [1.165, 1.54) is 21.9 Å². The summed E-state index contributed by atoms with van der Waals surface area (Å²) in [5.74, 6) is 0.923. The van der Waals surface area contributed by atoms with Gasteiger partial charge in [-0.05, 0) is 47.0 Å². The Labute approximate surface area is 113 Å². The van der Waals surface area contributed by atoms with Gasteiger partial charge in [-0.1, -0.05) is 48.5 Å². The van der Waals surface area contributed by atoms with Gasteiger partial charge in [0.25, 0.3) is 0 Å². The standard InChI is InChI=1S/C18H16O/c1-2-19-18-11-9-15(10-12-18)17-8-7-14-5-3-4-6-16(14)13-17/h3-13H,2H2,1H3. The maximum atomic E-state index is 5.47. The highest BCUT2D eigenvalue weighted by Crippen LogP contribution is 2.26. The van der Waals surface area contributed by atoms with Crippen molar-refractivity contribution >= 4 is 10.8 Å². The van der Waals surface area contributed by atoms with Gasteiger partial charge in [0.05, 0.1) is 6.61 Å². The van der Waals surface area contributed by atoms with Gasteiger partial charge in [0.1, 0.15) is 5.75 Å². The molecule has 0 saturated carbocycles. The van der Waals surface area contributed by atoms with Crippen molar-refractivity contribution < 1.29 is 4.74 Å². The molecular weight excluding hydrogens is 232 g/mol. The van der Waals surface area contributed by atoms with Gasteiger partial charge in [0.15, 0.2) is 0 Å². The zero-order valence-electron chi connectivity index (χ0n) is 11.0. The summed E-state index contributed by atoms with van der Waals surface area (Å²) in [4.78, 5) is 0. The third kappa shape index (κ3) is 2.45. The van der Waals surface area contributed by atoms with E-state index in [9.17, 15) is 0 Å². The van der Waals surface area contributed by atoms with E-state index in [0.29, 0.717) is 6.61 Å². The molecule has 0 saturated heterocycles. The molecule has 3 aromatic carbocycles. The lowest BCUT2D eigenvalue weighted by molar-refractivity contribution is 0.340. The second-order valence-corrected chi connectivity index (χ2v) is 4.52. The molecular formula is C18H16O. The molecule has 3 aromatic rings. The summed E-state index contributed by atoms with van der Waals surface area (Å²) in [6.45, 7) is 2.70. The zero-order valence-corrected chi connectivity index (χ0v) is 11.0. The van der Waals surface area contributed by atoms with Crippen molar-refractivity contribution in [2.24, 2.45) is 0 Å². The maximum absolute atomic E-state index is 5.47. The number of rotatable bonds is 3. The second kappa shape index (κ2) is 5.15. The van der Waals surface area contributed by atoms with Gasteiger partial charge in [-0.15, -0.1) is 0 Å². The predicted octanol–water partition coefficient (Wildman–Crippen LogP) is 4.91. The first-order valence-electron chi connectivity index (χ1n) is 6.59. The molecule has 0 unspecified atom stereocenters. The van der Waals surface area contributed by atoms with Crippen molar-refractivity contribution in [3.63, 3.8) is 0 Å². The highest BCUT2D eigenvalue weighted by Gasteiger charge is 2.00. The Kier molecular flexibility index (Phi) is 3.20. The topological polar surface area (TPSA) is 9.23 Å². The van der Waals surface area contributed by atoms with Crippen molar-refractivity contribution in [2.75, 3.05) is 6.61 Å². The summed E-state index contributed by atoms with van der Waals surface area (Å²) in [6, 6.07) is 23.2. The molecule has 1 nitrogen and oxygen atoms in total. The molecule has 0 amide bonds. The van der Waals surface area contributed by atoms with Gasteiger partial charge in [-0.3, -0.25) is 0 Å². The largest absolute Gasteiger partial charge is 0.494 e. The third-order valence-corrected chi connectivity index (χ3v) is 3.25. The average Bonchev–Trinajstić information content (AvgIpc) is 2.48. The van der Waals surface area contributed by atoms with Gasteiger partial charge in [-0.2, -0.15) is 0 Å². The van der Waals surface area contributed by atoms with Gasteiger partial charge >= 0.3 is 0 Å². The van der Waals surface area contributed by atoms with E-state index in [1.54, 1.807) is 0 Å². The number of hydrogen-bond acceptors (Lipinski definition) is 1. The summed E-state index contributed by atoms with van der Waals surface area (Å²) in [5.41, 5.74) is 2.45. The molecule has 0 aliphatic heterocycles. The average molecular weight is 248 g/mol. The fraction of sp³-hybridized carbons (Fsp3) is 0.111. The van der Waals surface area contributed by atoms with Crippen LogP contribution in [0.3, 0.4) is 0 Å². The van der Waals surface area contributed by atoms with E-state index in [4.69, 9.17) is 4.74 Å². The molecule has 0 radical (unpaired) electrons. The van der Waals surface area contributed by atoms with E-state index in [1.807, 2.05) is 19.1 Å². The zero-order chi connectivity index (χ0) is 13.1. The summed E-state index contributed by atoms with van der Waals surface area (Å²) < 4.78 is 5.47. The Bertz CT molecular complexity index is 683. The summed E-state index contributed by atoms with van der Waals surface area (Å²) in [6.07, 6.45) is 0. The van der Waals surface area contributed by atoms with Crippen LogP contribution >= 0.6 is 0 Å². The smallest absolute Gasteiger partial charge is 0.119 e. The van der Waals surface area contributed by atoms with Crippen LogP contribution in [0.2, 0.25) is 0 Å². The lowest BCUT2D eigenvalue weighted by atomic mass is 10.0. The van der Waals surface area contributed by atoms with E-state index in [-0.39, 0.29) is 0 Å². The predicted molar refractivity (Wildman–Crippen MR) is 80.6 cm³/mol. The van der Waals surface area contributed by atoms with E-state index in [2.05, 4.69) is 54.6 Å². The first-order chi connectivity index (χ1) is 9.36. The molecule has 0 bridgehead atoms. The molecule has 0 atom stereocenters. The minimum atomic E-state index is 0.704. The fourth-order valence-electron chi connectivity index (χ4n) is 2.28. The fourth-order valence-corrected chi connectivity index (χ4v) is 2.28. The summed E-state index contributed by atoms with van der Waals surface area (Å²) >= 11 is 0. The number of fused-ring (bicyclic) bond motifs is 1. The maximum Gasteiger partial charge on any atom is 0.119 e. The molecule has 0 N–H and O–H groups in total. The van der Waals surface area contributed by atoms with E-state index < -0.39 is 0 Å². The third-order valence-electron chi connectivity index (χ3n) is 3.25. The van der Waals surface area contributed by atoms with Gasteiger partial charge in [0, 0.05) is 0 Å². The van der Waals surface area contributed by atoms with Crippen LogP contribution in [-0.4, -0.2) is 6.61 Å². The van der Waals surface area contributed by atoms with Crippen LogP contribution in [0, 0.1) is 0 Å². The minimum absolute atomic E-state index is 0.704. The highest BCUT2D eigenvalue weighted by atomic mass is 16.5. The van der Waals surface area contributed by atoms with Crippen molar-refractivity contribution in [3.8, 4) is 16.9 Å². The van der Waals surface area contributed by atoms with Crippen LogP contribution < -0.4 is 4.74 Å². The van der Waals surface area contributed by atoms with Crippen LogP contribution in [0.1, 0.15) is 6.92 Å². The van der Waals surface area contributed by atoms with Gasteiger partial charge in [0.2, 0.25) is 0 Å². The van der Waals surface area contributed by atoms with Crippen molar-refractivity contribution in [3.05, 3.63) is 66.7 Å². The molecule has 3 rings (SSSR count). The Morgan fingerprint density at radius 3 is 2.16 bits per heavy atom. The van der Waals surface area contributed by atoms with Crippen LogP contribution in [0.25, 0.3) is 21.9 Å². The summed E-state index contributed by atoms with van der Waals surface area (Å²) in [7, 11) is 0. The SMILES string of the molecule is CCOc1ccc(-c2ccc3ccccc3c2)cc1. The Morgan fingerprint density at radius 2 is 1.42 bits per heavy atom. The normalized spacial score (nSPS) is 10.6. The Morgan fingerprint density at radius 1 is 0.737 bits per heavy atom. The molecule has 0 aliphatic carbocycles. The van der Waals surface area contributed by atoms with Crippen molar-refractivity contribution in [2.45, 2.75) is 6.92 Å². The van der Waals surface area contributed by atoms with Crippen LogP contribution in [0.15, 0.2) is 66.7 Å². The van der Waals surface area contributed by atoms with E-state index in [0.717, 1.165) is 5.75 Å². The van der Waals surface area contributed by atoms with Crippen LogP contribution in [0.4, 0.5) is 0 Å². The Hall–Kier alpha value is -2.28. The molecule has 0 spiro atoms. The van der Waals surface area contributed by atoms with Gasteiger partial charge < -0.3 is 4.74 Å². The van der Waals surface area contributed by atoms with Crippen LogP contribution in [0.5, 0.6) is 5.75 Å².